The maximum absolute atomic E-state index is 10.8. The first-order valence-electron chi connectivity index (χ1n) is 7.05. The van der Waals surface area contributed by atoms with Crippen LogP contribution >= 0.6 is 11.6 Å². The Labute approximate surface area is 144 Å². The van der Waals surface area contributed by atoms with Crippen LogP contribution in [0.3, 0.4) is 0 Å². The average Bonchev–Trinajstić information content (AvgIpc) is 2.59. The van der Waals surface area contributed by atoms with E-state index in [2.05, 4.69) is 0 Å². The van der Waals surface area contributed by atoms with Gasteiger partial charge in [0.2, 0.25) is 0 Å². The Kier molecular flexibility index (Phi) is 6.23. The van der Waals surface area contributed by atoms with E-state index in [0.29, 0.717) is 35.3 Å². The minimum atomic E-state index is -1.26. The maximum atomic E-state index is 10.8. The molecular weight excluding hydrogens is 330 g/mol. The second-order valence-corrected chi connectivity index (χ2v) is 5.08. The Balaban J connectivity index is 1.85. The van der Waals surface area contributed by atoms with Crippen LogP contribution < -0.4 is 9.47 Å². The van der Waals surface area contributed by atoms with Crippen molar-refractivity contribution in [1.82, 2.24) is 0 Å². The molecule has 0 atom stereocenters. The summed E-state index contributed by atoms with van der Waals surface area (Å²) in [4.78, 5) is 10.8. The van der Waals surface area contributed by atoms with E-state index >= 15 is 0 Å². The van der Waals surface area contributed by atoms with E-state index in [9.17, 15) is 4.79 Å². The minimum Gasteiger partial charge on any atom is -0.490 e. The molecule has 0 spiro atoms. The van der Waals surface area contributed by atoms with Crippen molar-refractivity contribution in [3.63, 3.8) is 0 Å². The van der Waals surface area contributed by atoms with Crippen molar-refractivity contribution in [2.75, 3.05) is 13.2 Å². The largest absolute Gasteiger partial charge is 0.490 e. The zero-order valence-electron chi connectivity index (χ0n) is 12.6. The molecule has 24 heavy (non-hydrogen) atoms. The molecule has 1 N–H and O–H groups in total. The SMILES string of the molecule is N#CC(=Cc1ccc(OCCOc2ccccc2Cl)cc1)C(=O)O. The van der Waals surface area contributed by atoms with Crippen molar-refractivity contribution < 1.29 is 19.4 Å². The summed E-state index contributed by atoms with van der Waals surface area (Å²) in [6.07, 6.45) is 1.30. The number of aliphatic carboxylic acids is 1. The molecule has 0 aliphatic carbocycles. The zero-order chi connectivity index (χ0) is 17.4. The lowest BCUT2D eigenvalue weighted by atomic mass is 10.1. The number of para-hydroxylation sites is 1. The normalized spacial score (nSPS) is 10.8. The Morgan fingerprint density at radius 2 is 1.79 bits per heavy atom. The summed E-state index contributed by atoms with van der Waals surface area (Å²) in [5.41, 5.74) is 0.283. The number of carbonyl (C=O) groups is 1. The number of hydrogen-bond acceptors (Lipinski definition) is 4. The van der Waals surface area contributed by atoms with Gasteiger partial charge in [-0.05, 0) is 35.9 Å². The molecule has 2 rings (SSSR count). The van der Waals surface area contributed by atoms with Gasteiger partial charge in [-0.1, -0.05) is 35.9 Å². The fourth-order valence-electron chi connectivity index (χ4n) is 1.84. The molecule has 0 heterocycles. The third-order valence-electron chi connectivity index (χ3n) is 2.99. The fraction of sp³-hybridized carbons (Fsp3) is 0.111. The third-order valence-corrected chi connectivity index (χ3v) is 3.30. The maximum Gasteiger partial charge on any atom is 0.346 e. The van der Waals surface area contributed by atoms with Gasteiger partial charge in [0.1, 0.15) is 36.4 Å². The molecule has 5 nitrogen and oxygen atoms in total. The molecule has 2 aromatic carbocycles. The van der Waals surface area contributed by atoms with Gasteiger partial charge < -0.3 is 14.6 Å². The van der Waals surface area contributed by atoms with E-state index in [-0.39, 0.29) is 5.57 Å². The highest BCUT2D eigenvalue weighted by molar-refractivity contribution is 6.32. The van der Waals surface area contributed by atoms with Gasteiger partial charge in [-0.15, -0.1) is 0 Å². The van der Waals surface area contributed by atoms with Crippen molar-refractivity contribution in [1.29, 1.82) is 5.26 Å². The first-order chi connectivity index (χ1) is 11.6. The quantitative estimate of drug-likeness (QED) is 0.470. The molecule has 0 aromatic heterocycles. The number of carboxylic acids is 1. The number of hydrogen-bond donors (Lipinski definition) is 1. The first-order valence-corrected chi connectivity index (χ1v) is 7.43. The van der Waals surface area contributed by atoms with E-state index < -0.39 is 5.97 Å². The van der Waals surface area contributed by atoms with Crippen molar-refractivity contribution in [2.24, 2.45) is 0 Å². The number of ether oxygens (including phenoxy) is 2. The Hall–Kier alpha value is -2.97. The van der Waals surface area contributed by atoms with Crippen LogP contribution in [0.2, 0.25) is 5.02 Å². The lowest BCUT2D eigenvalue weighted by Crippen LogP contribution is -2.09. The van der Waals surface area contributed by atoms with Crippen LogP contribution in [0.5, 0.6) is 11.5 Å². The molecule has 0 amide bonds. The molecule has 6 heteroatoms. The van der Waals surface area contributed by atoms with E-state index in [1.165, 1.54) is 6.08 Å². The Morgan fingerprint density at radius 1 is 1.12 bits per heavy atom. The monoisotopic (exact) mass is 343 g/mol. The average molecular weight is 344 g/mol. The van der Waals surface area contributed by atoms with E-state index in [1.807, 2.05) is 12.1 Å². The van der Waals surface area contributed by atoms with Crippen molar-refractivity contribution in [3.8, 4) is 17.6 Å². The topological polar surface area (TPSA) is 79.5 Å². The fourth-order valence-corrected chi connectivity index (χ4v) is 2.03. The van der Waals surface area contributed by atoms with Crippen LogP contribution in [0, 0.1) is 11.3 Å². The van der Waals surface area contributed by atoms with Gasteiger partial charge >= 0.3 is 5.97 Å². The summed E-state index contributed by atoms with van der Waals surface area (Å²) in [5, 5.41) is 18.1. The molecule has 0 radical (unpaired) electrons. The van der Waals surface area contributed by atoms with Gasteiger partial charge in [0.05, 0.1) is 5.02 Å². The molecule has 2 aromatic rings. The predicted molar refractivity (Wildman–Crippen MR) is 90.1 cm³/mol. The summed E-state index contributed by atoms with van der Waals surface area (Å²) in [7, 11) is 0. The number of carboxylic acid groups (broad SMARTS) is 1. The first kappa shape index (κ1) is 17.4. The van der Waals surface area contributed by atoms with E-state index in [4.69, 9.17) is 31.4 Å². The molecule has 122 valence electrons. The minimum absolute atomic E-state index is 0.322. The molecular formula is C18H14ClNO4. The van der Waals surface area contributed by atoms with Crippen molar-refractivity contribution in [3.05, 3.63) is 64.7 Å². The number of rotatable bonds is 7. The summed E-state index contributed by atoms with van der Waals surface area (Å²) in [6, 6.07) is 15.5. The Morgan fingerprint density at radius 3 is 2.42 bits per heavy atom. The third kappa shape index (κ3) is 5.04. The van der Waals surface area contributed by atoms with Crippen LogP contribution in [0.15, 0.2) is 54.1 Å². The number of halogens is 1. The second kappa shape index (κ2) is 8.61. The van der Waals surface area contributed by atoms with Gasteiger partial charge in [0, 0.05) is 0 Å². The van der Waals surface area contributed by atoms with Gasteiger partial charge in [-0.3, -0.25) is 0 Å². The highest BCUT2D eigenvalue weighted by Crippen LogP contribution is 2.23. The van der Waals surface area contributed by atoms with E-state index in [0.717, 1.165) is 0 Å². The number of nitriles is 1. The molecule has 0 fully saturated rings. The van der Waals surface area contributed by atoms with Crippen LogP contribution in [-0.2, 0) is 4.79 Å². The van der Waals surface area contributed by atoms with Crippen LogP contribution in [-0.4, -0.2) is 24.3 Å². The summed E-state index contributed by atoms with van der Waals surface area (Å²) >= 11 is 5.98. The lowest BCUT2D eigenvalue weighted by molar-refractivity contribution is -0.132. The van der Waals surface area contributed by atoms with Crippen molar-refractivity contribution >= 4 is 23.6 Å². The molecule has 0 aliphatic heterocycles. The Bertz CT molecular complexity index is 778. The van der Waals surface area contributed by atoms with Gasteiger partial charge in [0.25, 0.3) is 0 Å². The molecule has 0 saturated heterocycles. The summed E-state index contributed by atoms with van der Waals surface area (Å²) in [5.74, 6) is -0.0424. The molecule has 0 aliphatic rings. The standard InChI is InChI=1S/C18H14ClNO4/c19-16-3-1-2-4-17(16)24-10-9-23-15-7-5-13(6-8-15)11-14(12-20)18(21)22/h1-8,11H,9-10H2,(H,21,22). The summed E-state index contributed by atoms with van der Waals surface area (Å²) in [6.45, 7) is 0.669. The number of nitrogens with zero attached hydrogens (tertiary/aromatic N) is 1. The van der Waals surface area contributed by atoms with Gasteiger partial charge in [0.15, 0.2) is 0 Å². The van der Waals surface area contributed by atoms with Gasteiger partial charge in [-0.25, -0.2) is 4.79 Å². The second-order valence-electron chi connectivity index (χ2n) is 4.67. The number of benzene rings is 2. The van der Waals surface area contributed by atoms with Crippen LogP contribution in [0.25, 0.3) is 6.08 Å². The summed E-state index contributed by atoms with van der Waals surface area (Å²) < 4.78 is 11.0. The van der Waals surface area contributed by atoms with E-state index in [1.54, 1.807) is 42.5 Å². The van der Waals surface area contributed by atoms with Crippen LogP contribution in [0.4, 0.5) is 0 Å². The predicted octanol–water partition coefficient (Wildman–Crippen LogP) is 3.79. The molecule has 0 unspecified atom stereocenters. The zero-order valence-corrected chi connectivity index (χ0v) is 13.4. The highest BCUT2D eigenvalue weighted by atomic mass is 35.5. The smallest absolute Gasteiger partial charge is 0.346 e. The molecule has 0 saturated carbocycles. The van der Waals surface area contributed by atoms with Gasteiger partial charge in [-0.2, -0.15) is 5.26 Å². The van der Waals surface area contributed by atoms with Crippen LogP contribution in [0.1, 0.15) is 5.56 Å². The highest BCUT2D eigenvalue weighted by Gasteiger charge is 2.05. The lowest BCUT2D eigenvalue weighted by Gasteiger charge is -2.09. The molecule has 0 bridgehead atoms. The van der Waals surface area contributed by atoms with Crippen molar-refractivity contribution in [2.45, 2.75) is 0 Å².